The third-order valence-electron chi connectivity index (χ3n) is 15.5. The lowest BCUT2D eigenvalue weighted by molar-refractivity contribution is 0.133. The fraction of sp³-hybridized carbons (Fsp3) is 0.379. The second kappa shape index (κ2) is 13.2. The zero-order valence-corrected chi connectivity index (χ0v) is 39.9. The van der Waals surface area contributed by atoms with Gasteiger partial charge in [0, 0.05) is 50.9 Å². The van der Waals surface area contributed by atoms with Gasteiger partial charge in [-0.3, -0.25) is 0 Å². The Morgan fingerprint density at radius 2 is 0.984 bits per heavy atom. The summed E-state index contributed by atoms with van der Waals surface area (Å²) in [5.41, 5.74) is 21.1. The predicted molar refractivity (Wildman–Crippen MR) is 269 cm³/mol. The molecule has 62 heavy (non-hydrogen) atoms. The first-order valence-corrected chi connectivity index (χ1v) is 23.2. The van der Waals surface area contributed by atoms with E-state index in [0.29, 0.717) is 0 Å². The van der Waals surface area contributed by atoms with E-state index in [9.17, 15) is 0 Å². The van der Waals surface area contributed by atoms with E-state index >= 15 is 0 Å². The van der Waals surface area contributed by atoms with E-state index < -0.39 is 0 Å². The highest BCUT2D eigenvalue weighted by Gasteiger charge is 2.63. The average Bonchev–Trinajstić information content (AvgIpc) is 3.33. The van der Waals surface area contributed by atoms with Gasteiger partial charge in [-0.2, -0.15) is 0 Å². The molecule has 1 aliphatic carbocycles. The van der Waals surface area contributed by atoms with Crippen molar-refractivity contribution in [3.8, 4) is 0 Å². The van der Waals surface area contributed by atoms with Crippen LogP contribution < -0.4 is 31.1 Å². The number of rotatable bonds is 3. The molecular formula is C58H66BN3. The second-order valence-corrected chi connectivity index (χ2v) is 23.6. The number of benzene rings is 6. The molecule has 0 aromatic heterocycles. The molecule has 2 unspecified atom stereocenters. The summed E-state index contributed by atoms with van der Waals surface area (Å²) in [4.78, 5) is 7.99. The van der Waals surface area contributed by atoms with Gasteiger partial charge in [-0.1, -0.05) is 157 Å². The molecule has 2 atom stereocenters. The van der Waals surface area contributed by atoms with Crippen molar-refractivity contribution in [1.82, 2.24) is 0 Å². The molecule has 3 nitrogen and oxygen atoms in total. The SMILES string of the molecule is CC(C)(C)c1ccc(N2c3ccc(C(C)(C)C)cc3B3c4ccc(C(C)(C)C)cc4N(c4cccc(C(C)(C)C)c4)c4cc(N5c6ccccc6C6(C)CCC56C)cc2c43)cc1. The van der Waals surface area contributed by atoms with Crippen LogP contribution in [0.1, 0.15) is 138 Å². The van der Waals surface area contributed by atoms with Crippen molar-refractivity contribution in [2.75, 3.05) is 14.7 Å². The van der Waals surface area contributed by atoms with Crippen molar-refractivity contribution >= 4 is 68.6 Å². The van der Waals surface area contributed by atoms with Crippen molar-refractivity contribution in [2.45, 2.75) is 142 Å². The molecule has 4 aliphatic rings. The fourth-order valence-electron chi connectivity index (χ4n) is 11.3. The number of hydrogen-bond acceptors (Lipinski definition) is 3. The minimum atomic E-state index is -0.0482. The normalized spacial score (nSPS) is 20.3. The Kier molecular flexibility index (Phi) is 8.67. The van der Waals surface area contributed by atoms with E-state index in [2.05, 4.69) is 233 Å². The third kappa shape index (κ3) is 5.91. The Labute approximate surface area is 373 Å². The lowest BCUT2D eigenvalue weighted by Gasteiger charge is -2.56. The van der Waals surface area contributed by atoms with Gasteiger partial charge in [0.25, 0.3) is 6.71 Å². The molecule has 1 fully saturated rings. The van der Waals surface area contributed by atoms with E-state index in [1.54, 1.807) is 0 Å². The first-order valence-electron chi connectivity index (χ1n) is 23.2. The summed E-state index contributed by atoms with van der Waals surface area (Å²) < 4.78 is 0. The van der Waals surface area contributed by atoms with Gasteiger partial charge in [0.2, 0.25) is 0 Å². The molecule has 3 heterocycles. The van der Waals surface area contributed by atoms with Crippen molar-refractivity contribution in [1.29, 1.82) is 0 Å². The van der Waals surface area contributed by atoms with Crippen molar-refractivity contribution < 1.29 is 0 Å². The molecule has 0 radical (unpaired) electrons. The Morgan fingerprint density at radius 3 is 1.60 bits per heavy atom. The Hall–Kier alpha value is -5.22. The summed E-state index contributed by atoms with van der Waals surface area (Å²) in [6, 6.07) is 48.0. The summed E-state index contributed by atoms with van der Waals surface area (Å²) in [7, 11) is 0. The van der Waals surface area contributed by atoms with Crippen molar-refractivity contribution in [3.63, 3.8) is 0 Å². The van der Waals surface area contributed by atoms with Gasteiger partial charge < -0.3 is 14.7 Å². The van der Waals surface area contributed by atoms with Crippen LogP contribution in [-0.4, -0.2) is 12.3 Å². The average molecular weight is 816 g/mol. The van der Waals surface area contributed by atoms with Gasteiger partial charge in [0.1, 0.15) is 0 Å². The molecule has 316 valence electrons. The van der Waals surface area contributed by atoms with Gasteiger partial charge in [0.15, 0.2) is 0 Å². The van der Waals surface area contributed by atoms with Crippen molar-refractivity contribution in [2.24, 2.45) is 0 Å². The Morgan fingerprint density at radius 1 is 0.419 bits per heavy atom. The standard InChI is InChI=1S/C58H66BN3/c1-53(2,3)37-22-26-41(27-23-37)60-48-29-25-39(55(7,8)9)33-46(48)59-45-28-24-40(56(10,11)12)34-49(45)61(42-19-17-18-38(32-42)54(4,5)6)51-36-43(35-50(60)52(51)59)62-47-21-16-15-20-44(47)57(13)30-31-58(57,62)14/h15-29,32-36H,30-31H2,1-14H3. The van der Waals surface area contributed by atoms with E-state index in [1.807, 2.05) is 0 Å². The molecular weight excluding hydrogens is 749 g/mol. The quantitative estimate of drug-likeness (QED) is 0.165. The second-order valence-electron chi connectivity index (χ2n) is 23.6. The van der Waals surface area contributed by atoms with Crippen LogP contribution in [0.3, 0.4) is 0 Å². The topological polar surface area (TPSA) is 9.72 Å². The molecule has 6 aromatic rings. The number of fused-ring (bicyclic) bond motifs is 7. The Bertz CT molecular complexity index is 2790. The number of hydrogen-bond donors (Lipinski definition) is 0. The van der Waals surface area contributed by atoms with Gasteiger partial charge in [-0.15, -0.1) is 0 Å². The van der Waals surface area contributed by atoms with E-state index in [1.165, 1.54) is 96.1 Å². The number of nitrogens with zero attached hydrogens (tertiary/aromatic N) is 3. The number of anilines is 8. The smallest absolute Gasteiger partial charge is 0.252 e. The van der Waals surface area contributed by atoms with Gasteiger partial charge >= 0.3 is 0 Å². The molecule has 4 heteroatoms. The highest BCUT2D eigenvalue weighted by atomic mass is 15.3. The predicted octanol–water partition coefficient (Wildman–Crippen LogP) is 13.9. The minimum absolute atomic E-state index is 0.00740. The molecule has 0 N–H and O–H groups in total. The first-order chi connectivity index (χ1) is 29.0. The van der Waals surface area contributed by atoms with Crippen LogP contribution in [0.15, 0.2) is 121 Å². The summed E-state index contributed by atoms with van der Waals surface area (Å²) in [6.45, 7) is 33.1. The molecule has 1 saturated carbocycles. The van der Waals surface area contributed by atoms with E-state index in [-0.39, 0.29) is 39.3 Å². The molecule has 0 bridgehead atoms. The molecule has 0 saturated heterocycles. The molecule has 0 amide bonds. The highest BCUT2D eigenvalue weighted by Crippen LogP contribution is 2.65. The van der Waals surface area contributed by atoms with Crippen LogP contribution in [0.25, 0.3) is 0 Å². The summed E-state index contributed by atoms with van der Waals surface area (Å²) in [6.07, 6.45) is 2.35. The minimum Gasteiger partial charge on any atom is -0.334 e. The molecule has 3 aliphatic heterocycles. The monoisotopic (exact) mass is 816 g/mol. The van der Waals surface area contributed by atoms with Gasteiger partial charge in [-0.05, 0) is 140 Å². The number of para-hydroxylation sites is 1. The summed E-state index contributed by atoms with van der Waals surface area (Å²) in [5.74, 6) is 0. The Balaban J connectivity index is 1.34. The maximum absolute atomic E-state index is 2.74. The third-order valence-corrected chi connectivity index (χ3v) is 15.5. The lowest BCUT2D eigenvalue weighted by atomic mass is 9.33. The summed E-state index contributed by atoms with van der Waals surface area (Å²) >= 11 is 0. The van der Waals surface area contributed by atoms with Crippen LogP contribution in [-0.2, 0) is 27.1 Å². The fourth-order valence-corrected chi connectivity index (χ4v) is 11.3. The van der Waals surface area contributed by atoms with E-state index in [4.69, 9.17) is 0 Å². The van der Waals surface area contributed by atoms with Gasteiger partial charge in [0.05, 0.1) is 5.54 Å². The van der Waals surface area contributed by atoms with E-state index in [0.717, 1.165) is 6.42 Å². The molecule has 10 rings (SSSR count). The largest absolute Gasteiger partial charge is 0.334 e. The lowest BCUT2D eigenvalue weighted by Crippen LogP contribution is -2.62. The highest BCUT2D eigenvalue weighted by molar-refractivity contribution is 7.00. The zero-order valence-electron chi connectivity index (χ0n) is 39.9. The summed E-state index contributed by atoms with van der Waals surface area (Å²) in [5, 5.41) is 0. The molecule has 6 aromatic carbocycles. The maximum Gasteiger partial charge on any atom is 0.252 e. The van der Waals surface area contributed by atoms with Gasteiger partial charge in [-0.25, -0.2) is 0 Å². The van der Waals surface area contributed by atoms with Crippen LogP contribution in [0, 0.1) is 0 Å². The van der Waals surface area contributed by atoms with Crippen LogP contribution in [0.5, 0.6) is 0 Å². The zero-order chi connectivity index (χ0) is 44.1. The van der Waals surface area contributed by atoms with Crippen molar-refractivity contribution in [3.05, 3.63) is 149 Å². The van der Waals surface area contributed by atoms with Crippen LogP contribution >= 0.6 is 0 Å². The maximum atomic E-state index is 2.74. The van der Waals surface area contributed by atoms with Crippen LogP contribution in [0.4, 0.5) is 45.5 Å². The van der Waals surface area contributed by atoms with Crippen LogP contribution in [0.2, 0.25) is 0 Å². The molecule has 0 spiro atoms. The first kappa shape index (κ1) is 40.8.